The van der Waals surface area contributed by atoms with E-state index >= 15 is 0 Å². The van der Waals surface area contributed by atoms with Gasteiger partial charge in [0.2, 0.25) is 5.91 Å². The summed E-state index contributed by atoms with van der Waals surface area (Å²) in [5.74, 6) is 0.601. The van der Waals surface area contributed by atoms with Crippen LogP contribution in [0.25, 0.3) is 11.0 Å². The third-order valence-corrected chi connectivity index (χ3v) is 4.15. The number of para-hydroxylation sites is 2. The maximum absolute atomic E-state index is 12.2. The normalized spacial score (nSPS) is 12.3. The van der Waals surface area contributed by atoms with Crippen LogP contribution in [0.5, 0.6) is 0 Å². The zero-order valence-electron chi connectivity index (χ0n) is 12.4. The molecule has 2 N–H and O–H groups in total. The fraction of sp³-hybridized carbons (Fsp3) is 0.176. The first-order chi connectivity index (χ1) is 11.0. The van der Waals surface area contributed by atoms with Crippen LogP contribution in [0.1, 0.15) is 24.4 Å². The number of nitrogens with zero attached hydrogens (tertiary/aromatic N) is 1. The van der Waals surface area contributed by atoms with Gasteiger partial charge in [0.1, 0.15) is 5.82 Å². The first-order valence-electron chi connectivity index (χ1n) is 7.21. The molecular formula is C17H15Cl2N3O. The smallest absolute Gasteiger partial charge is 0.225 e. The molecule has 1 amide bonds. The van der Waals surface area contributed by atoms with Crippen molar-refractivity contribution in [2.24, 2.45) is 0 Å². The number of nitrogens with one attached hydrogen (secondary N) is 2. The predicted molar refractivity (Wildman–Crippen MR) is 92.8 cm³/mol. The highest BCUT2D eigenvalue weighted by atomic mass is 35.5. The number of aromatic amines is 1. The quantitative estimate of drug-likeness (QED) is 0.739. The molecule has 6 heteroatoms. The number of hydrogen-bond donors (Lipinski definition) is 2. The number of fused-ring (bicyclic) bond motifs is 1. The number of halogens is 2. The average Bonchev–Trinajstić information content (AvgIpc) is 2.94. The number of amides is 1. The molecule has 0 spiro atoms. The second-order valence-corrected chi connectivity index (χ2v) is 6.18. The van der Waals surface area contributed by atoms with Crippen LogP contribution in [0.15, 0.2) is 42.5 Å². The minimum absolute atomic E-state index is 0.123. The van der Waals surface area contributed by atoms with E-state index in [2.05, 4.69) is 15.3 Å². The van der Waals surface area contributed by atoms with E-state index in [1.54, 1.807) is 18.2 Å². The minimum Gasteiger partial charge on any atom is -0.346 e. The Kier molecular flexibility index (Phi) is 4.55. The number of H-pyrrole nitrogens is 1. The Labute approximate surface area is 143 Å². The van der Waals surface area contributed by atoms with Gasteiger partial charge in [-0.15, -0.1) is 0 Å². The molecule has 0 saturated carbocycles. The average molecular weight is 348 g/mol. The van der Waals surface area contributed by atoms with Gasteiger partial charge in [0.25, 0.3) is 0 Å². The molecule has 4 nitrogen and oxygen atoms in total. The number of hydrogen-bond acceptors (Lipinski definition) is 2. The molecule has 23 heavy (non-hydrogen) atoms. The Hall–Kier alpha value is -2.04. The molecule has 0 aliphatic heterocycles. The van der Waals surface area contributed by atoms with Gasteiger partial charge in [0.15, 0.2) is 0 Å². The van der Waals surface area contributed by atoms with E-state index in [0.717, 1.165) is 22.4 Å². The van der Waals surface area contributed by atoms with Crippen molar-refractivity contribution in [3.8, 4) is 0 Å². The molecule has 0 saturated heterocycles. The lowest BCUT2D eigenvalue weighted by Gasteiger charge is -2.12. The Morgan fingerprint density at radius 1 is 1.26 bits per heavy atom. The van der Waals surface area contributed by atoms with Crippen molar-refractivity contribution >= 4 is 40.1 Å². The van der Waals surface area contributed by atoms with Crippen molar-refractivity contribution in [3.63, 3.8) is 0 Å². The molecular weight excluding hydrogens is 333 g/mol. The van der Waals surface area contributed by atoms with Crippen LogP contribution >= 0.6 is 23.2 Å². The molecule has 1 atom stereocenters. The summed E-state index contributed by atoms with van der Waals surface area (Å²) in [6.07, 6.45) is 0.195. The fourth-order valence-electron chi connectivity index (χ4n) is 2.38. The van der Waals surface area contributed by atoms with E-state index in [-0.39, 0.29) is 18.4 Å². The van der Waals surface area contributed by atoms with Gasteiger partial charge in [-0.3, -0.25) is 4.79 Å². The molecule has 1 aromatic heterocycles. The number of carbonyl (C=O) groups excluding carboxylic acids is 1. The zero-order chi connectivity index (χ0) is 16.4. The second kappa shape index (κ2) is 6.60. The Bertz CT molecular complexity index is 827. The van der Waals surface area contributed by atoms with Gasteiger partial charge in [-0.2, -0.15) is 0 Å². The largest absolute Gasteiger partial charge is 0.346 e. The number of benzene rings is 2. The first kappa shape index (κ1) is 15.8. The summed E-state index contributed by atoms with van der Waals surface area (Å²) in [5.41, 5.74) is 2.57. The second-order valence-electron chi connectivity index (χ2n) is 5.34. The third kappa shape index (κ3) is 3.66. The molecule has 1 unspecified atom stereocenters. The van der Waals surface area contributed by atoms with Gasteiger partial charge in [0, 0.05) is 10.0 Å². The molecule has 0 aliphatic rings. The van der Waals surface area contributed by atoms with Crippen LogP contribution in [0.2, 0.25) is 10.0 Å². The molecule has 0 bridgehead atoms. The molecule has 0 fully saturated rings. The van der Waals surface area contributed by atoms with Crippen LogP contribution in [0.4, 0.5) is 0 Å². The SMILES string of the molecule is CC(NC(=O)Cc1ccc(Cl)cc1Cl)c1nc2ccccc2[nH]1. The zero-order valence-corrected chi connectivity index (χ0v) is 13.9. The van der Waals surface area contributed by atoms with Crippen molar-refractivity contribution in [2.75, 3.05) is 0 Å². The van der Waals surface area contributed by atoms with Crippen molar-refractivity contribution in [1.29, 1.82) is 0 Å². The van der Waals surface area contributed by atoms with Crippen LogP contribution < -0.4 is 5.32 Å². The Morgan fingerprint density at radius 3 is 2.78 bits per heavy atom. The van der Waals surface area contributed by atoms with E-state index in [4.69, 9.17) is 23.2 Å². The third-order valence-electron chi connectivity index (χ3n) is 3.56. The number of carbonyl (C=O) groups is 1. The van der Waals surface area contributed by atoms with Crippen LogP contribution in [-0.2, 0) is 11.2 Å². The van der Waals surface area contributed by atoms with E-state index in [9.17, 15) is 4.79 Å². The van der Waals surface area contributed by atoms with E-state index in [0.29, 0.717) is 10.0 Å². The van der Waals surface area contributed by atoms with Gasteiger partial charge in [-0.05, 0) is 36.8 Å². The number of imidazole rings is 1. The van der Waals surface area contributed by atoms with Crippen LogP contribution in [-0.4, -0.2) is 15.9 Å². The van der Waals surface area contributed by atoms with Gasteiger partial charge >= 0.3 is 0 Å². The summed E-state index contributed by atoms with van der Waals surface area (Å²) < 4.78 is 0. The molecule has 118 valence electrons. The van der Waals surface area contributed by atoms with Crippen LogP contribution in [0, 0.1) is 0 Å². The molecule has 3 rings (SSSR count). The summed E-state index contributed by atoms with van der Waals surface area (Å²) in [6, 6.07) is 12.6. The minimum atomic E-state index is -0.221. The molecule has 2 aromatic carbocycles. The van der Waals surface area contributed by atoms with Gasteiger partial charge in [-0.25, -0.2) is 4.98 Å². The fourth-order valence-corrected chi connectivity index (χ4v) is 2.85. The van der Waals surface area contributed by atoms with E-state index < -0.39 is 0 Å². The molecule has 3 aromatic rings. The van der Waals surface area contributed by atoms with E-state index in [1.165, 1.54) is 0 Å². The lowest BCUT2D eigenvalue weighted by molar-refractivity contribution is -0.121. The molecule has 1 heterocycles. The number of aromatic nitrogens is 2. The highest BCUT2D eigenvalue weighted by molar-refractivity contribution is 6.35. The lowest BCUT2D eigenvalue weighted by atomic mass is 10.1. The molecule has 0 aliphatic carbocycles. The Morgan fingerprint density at radius 2 is 2.04 bits per heavy atom. The highest BCUT2D eigenvalue weighted by Crippen LogP contribution is 2.22. The number of rotatable bonds is 4. The van der Waals surface area contributed by atoms with Gasteiger partial charge < -0.3 is 10.3 Å². The first-order valence-corrected chi connectivity index (χ1v) is 7.96. The Balaban J connectivity index is 1.69. The maximum atomic E-state index is 12.2. The predicted octanol–water partition coefficient (Wildman–Crippen LogP) is 4.29. The van der Waals surface area contributed by atoms with Crippen molar-refractivity contribution < 1.29 is 4.79 Å². The summed E-state index contributed by atoms with van der Waals surface area (Å²) in [5, 5.41) is 3.96. The van der Waals surface area contributed by atoms with Crippen LogP contribution in [0.3, 0.4) is 0 Å². The van der Waals surface area contributed by atoms with Crippen molar-refractivity contribution in [1.82, 2.24) is 15.3 Å². The van der Waals surface area contributed by atoms with E-state index in [1.807, 2.05) is 31.2 Å². The monoisotopic (exact) mass is 347 g/mol. The summed E-state index contributed by atoms with van der Waals surface area (Å²) in [7, 11) is 0. The lowest BCUT2D eigenvalue weighted by Crippen LogP contribution is -2.28. The van der Waals surface area contributed by atoms with Gasteiger partial charge in [0.05, 0.1) is 23.5 Å². The molecule has 0 radical (unpaired) electrons. The van der Waals surface area contributed by atoms with Crippen molar-refractivity contribution in [2.45, 2.75) is 19.4 Å². The van der Waals surface area contributed by atoms with Gasteiger partial charge in [-0.1, -0.05) is 41.4 Å². The standard InChI is InChI=1S/C17H15Cl2N3O/c1-10(17-21-14-4-2-3-5-15(14)22-17)20-16(23)8-11-6-7-12(18)9-13(11)19/h2-7,9-10H,8H2,1H3,(H,20,23)(H,21,22). The highest BCUT2D eigenvalue weighted by Gasteiger charge is 2.15. The summed E-state index contributed by atoms with van der Waals surface area (Å²) in [6.45, 7) is 1.89. The summed E-state index contributed by atoms with van der Waals surface area (Å²) >= 11 is 12.0. The maximum Gasteiger partial charge on any atom is 0.225 e. The summed E-state index contributed by atoms with van der Waals surface area (Å²) in [4.78, 5) is 19.9. The topological polar surface area (TPSA) is 57.8 Å². The van der Waals surface area contributed by atoms with Crippen molar-refractivity contribution in [3.05, 3.63) is 63.9 Å².